The number of aliphatic hydroxyl groups is 1. The summed E-state index contributed by atoms with van der Waals surface area (Å²) in [5.41, 5.74) is 2.32. The third-order valence-corrected chi connectivity index (χ3v) is 8.76. The number of ether oxygens (including phenoxy) is 3. The fourth-order valence-corrected chi connectivity index (χ4v) is 5.91. The zero-order valence-corrected chi connectivity index (χ0v) is 24.4. The van der Waals surface area contributed by atoms with Crippen LogP contribution in [0.5, 0.6) is 5.75 Å². The number of hydrogen-bond donors (Lipinski definition) is 2. The average molecular weight is 609 g/mol. The Morgan fingerprint density at radius 2 is 1.79 bits per heavy atom. The number of amides is 1. The Morgan fingerprint density at radius 1 is 1.09 bits per heavy atom. The molecule has 0 fully saturated rings. The summed E-state index contributed by atoms with van der Waals surface area (Å²) in [4.78, 5) is 13.1. The number of methoxy groups -OCH3 is 1. The number of terminal acetylenes is 1. The van der Waals surface area contributed by atoms with Gasteiger partial charge in [-0.25, -0.2) is 12.8 Å². The summed E-state index contributed by atoms with van der Waals surface area (Å²) in [6, 6.07) is 19.1. The Kier molecular flexibility index (Phi) is 10.9. The number of rotatable bonds is 13. The van der Waals surface area contributed by atoms with E-state index in [0.717, 1.165) is 9.87 Å². The maximum atomic E-state index is 13.3. The van der Waals surface area contributed by atoms with E-state index in [1.165, 1.54) is 31.4 Å². The van der Waals surface area contributed by atoms with Crippen LogP contribution in [0.25, 0.3) is 0 Å². The molecule has 1 amide bonds. The Bertz CT molecular complexity index is 1550. The van der Waals surface area contributed by atoms with Gasteiger partial charge in [-0.05, 0) is 65.7 Å². The van der Waals surface area contributed by atoms with Gasteiger partial charge in [0.25, 0.3) is 5.91 Å². The van der Waals surface area contributed by atoms with E-state index in [1.54, 1.807) is 42.5 Å². The Hall–Kier alpha value is -4.21. The van der Waals surface area contributed by atoms with Crippen LogP contribution < -0.4 is 10.1 Å². The van der Waals surface area contributed by atoms with Crippen molar-refractivity contribution >= 4 is 15.9 Å². The smallest absolute Gasteiger partial charge is 0.286 e. The van der Waals surface area contributed by atoms with Gasteiger partial charge in [-0.1, -0.05) is 30.2 Å². The molecule has 3 aromatic carbocycles. The number of sulfonamides is 1. The SMILES string of the molecule is C#Cc1ccc([C@H]2C=C(C(=O)NCc3ccc(F)cc3)O[C@@H](OCCN(CCO)S(=O)(=O)c3ccc(OC)cc3)C2)cc1. The summed E-state index contributed by atoms with van der Waals surface area (Å²) in [6.45, 7) is -0.484. The van der Waals surface area contributed by atoms with E-state index < -0.39 is 22.2 Å². The van der Waals surface area contributed by atoms with Gasteiger partial charge in [-0.15, -0.1) is 6.42 Å². The molecule has 2 N–H and O–H groups in total. The topological polar surface area (TPSA) is 114 Å². The molecule has 226 valence electrons. The van der Waals surface area contributed by atoms with Crippen LogP contribution in [0, 0.1) is 18.2 Å². The molecule has 0 bridgehead atoms. The lowest BCUT2D eigenvalue weighted by Gasteiger charge is -2.30. The summed E-state index contributed by atoms with van der Waals surface area (Å²) in [5, 5.41) is 12.3. The largest absolute Gasteiger partial charge is 0.497 e. The maximum Gasteiger partial charge on any atom is 0.286 e. The van der Waals surface area contributed by atoms with Crippen LogP contribution in [0.4, 0.5) is 4.39 Å². The minimum absolute atomic E-state index is 0.0439. The highest BCUT2D eigenvalue weighted by molar-refractivity contribution is 7.89. The van der Waals surface area contributed by atoms with Gasteiger partial charge in [-0.3, -0.25) is 4.79 Å². The first-order valence-corrected chi connectivity index (χ1v) is 15.0. The molecule has 0 unspecified atom stereocenters. The van der Waals surface area contributed by atoms with Gasteiger partial charge in [-0.2, -0.15) is 4.31 Å². The second-order valence-corrected chi connectivity index (χ2v) is 11.6. The van der Waals surface area contributed by atoms with E-state index in [-0.39, 0.29) is 55.2 Å². The van der Waals surface area contributed by atoms with Gasteiger partial charge in [0.15, 0.2) is 5.76 Å². The van der Waals surface area contributed by atoms with Crippen LogP contribution in [-0.2, 0) is 30.8 Å². The standard InChI is InChI=1S/C32H33FN2O7S/c1-3-23-4-8-25(9-5-23)26-20-30(32(37)34-22-24-6-10-27(33)11-7-24)42-31(21-26)41-19-17-35(16-18-36)43(38,39)29-14-12-28(40-2)13-15-29/h1,4-15,20,26,31,36H,16-19,21-22H2,2H3,(H,34,37)/t26-,31+/m0/s1. The van der Waals surface area contributed by atoms with E-state index in [1.807, 2.05) is 12.1 Å². The van der Waals surface area contributed by atoms with E-state index in [9.17, 15) is 22.7 Å². The van der Waals surface area contributed by atoms with Crippen molar-refractivity contribution in [3.05, 3.63) is 107 Å². The molecule has 0 aromatic heterocycles. The molecule has 0 aliphatic carbocycles. The zero-order valence-electron chi connectivity index (χ0n) is 23.6. The van der Waals surface area contributed by atoms with E-state index >= 15 is 0 Å². The third kappa shape index (κ3) is 8.43. The van der Waals surface area contributed by atoms with E-state index in [0.29, 0.717) is 23.3 Å². The molecule has 1 aliphatic heterocycles. The number of allylic oxidation sites excluding steroid dienone is 1. The van der Waals surface area contributed by atoms with Gasteiger partial charge in [0.05, 0.1) is 25.2 Å². The first kappa shape index (κ1) is 31.7. The Labute approximate surface area is 250 Å². The fraction of sp³-hybridized carbons (Fsp3) is 0.281. The second-order valence-electron chi connectivity index (χ2n) is 9.67. The number of nitrogens with one attached hydrogen (secondary N) is 1. The molecule has 11 heteroatoms. The summed E-state index contributed by atoms with van der Waals surface area (Å²) >= 11 is 0. The first-order valence-electron chi connectivity index (χ1n) is 13.6. The van der Waals surface area contributed by atoms with E-state index in [2.05, 4.69) is 11.2 Å². The molecule has 0 spiro atoms. The molecule has 1 aliphatic rings. The number of carbonyl (C=O) groups excluding carboxylic acids is 1. The number of carbonyl (C=O) groups is 1. The van der Waals surface area contributed by atoms with Crippen molar-refractivity contribution in [3.63, 3.8) is 0 Å². The summed E-state index contributed by atoms with van der Waals surface area (Å²) in [6.07, 6.45) is 6.68. The quantitative estimate of drug-likeness (QED) is 0.286. The molecule has 9 nitrogen and oxygen atoms in total. The molecule has 3 aromatic rings. The number of halogens is 1. The number of benzene rings is 3. The predicted octanol–water partition coefficient (Wildman–Crippen LogP) is 3.55. The highest BCUT2D eigenvalue weighted by Crippen LogP contribution is 2.32. The summed E-state index contributed by atoms with van der Waals surface area (Å²) in [7, 11) is -2.45. The van der Waals surface area contributed by atoms with Crippen LogP contribution in [0.2, 0.25) is 0 Å². The monoisotopic (exact) mass is 608 g/mol. The Balaban J connectivity index is 1.46. The van der Waals surface area contributed by atoms with Crippen LogP contribution >= 0.6 is 0 Å². The van der Waals surface area contributed by atoms with Crippen molar-refractivity contribution in [2.24, 2.45) is 0 Å². The molecule has 0 radical (unpaired) electrons. The first-order chi connectivity index (χ1) is 20.7. The molecule has 0 saturated carbocycles. The van der Waals surface area contributed by atoms with Crippen molar-refractivity contribution in [1.29, 1.82) is 0 Å². The van der Waals surface area contributed by atoms with E-state index in [4.69, 9.17) is 20.6 Å². The normalized spacial score (nSPS) is 16.6. The molecular formula is C32H33FN2O7S. The minimum atomic E-state index is -3.93. The molecule has 0 saturated heterocycles. The number of nitrogens with zero attached hydrogens (tertiary/aromatic N) is 1. The van der Waals surface area contributed by atoms with Gasteiger partial charge < -0.3 is 24.6 Å². The van der Waals surface area contributed by atoms with Crippen molar-refractivity contribution in [1.82, 2.24) is 9.62 Å². The Morgan fingerprint density at radius 3 is 2.42 bits per heavy atom. The highest BCUT2D eigenvalue weighted by atomic mass is 32.2. The van der Waals surface area contributed by atoms with Crippen LogP contribution in [-0.4, -0.2) is 63.4 Å². The van der Waals surface area contributed by atoms with Gasteiger partial charge in [0.1, 0.15) is 11.6 Å². The van der Waals surface area contributed by atoms with Crippen molar-refractivity contribution in [2.45, 2.75) is 30.1 Å². The lowest BCUT2D eigenvalue weighted by atomic mass is 9.92. The van der Waals surface area contributed by atoms with Crippen LogP contribution in [0.1, 0.15) is 29.0 Å². The van der Waals surface area contributed by atoms with Gasteiger partial charge in [0, 0.05) is 37.5 Å². The van der Waals surface area contributed by atoms with Crippen molar-refractivity contribution in [2.75, 3.05) is 33.4 Å². The van der Waals surface area contributed by atoms with Crippen molar-refractivity contribution in [3.8, 4) is 18.1 Å². The molecule has 43 heavy (non-hydrogen) atoms. The predicted molar refractivity (Wildman–Crippen MR) is 158 cm³/mol. The summed E-state index contributed by atoms with van der Waals surface area (Å²) < 4.78 is 57.8. The zero-order chi connectivity index (χ0) is 30.8. The molecule has 4 rings (SSSR count). The molecular weight excluding hydrogens is 575 g/mol. The highest BCUT2D eigenvalue weighted by Gasteiger charge is 2.30. The lowest BCUT2D eigenvalue weighted by molar-refractivity contribution is -0.146. The van der Waals surface area contributed by atoms with Crippen LogP contribution in [0.15, 0.2) is 89.5 Å². The third-order valence-electron chi connectivity index (χ3n) is 6.84. The number of hydrogen-bond acceptors (Lipinski definition) is 7. The lowest BCUT2D eigenvalue weighted by Crippen LogP contribution is -2.38. The molecule has 2 atom stereocenters. The maximum absolute atomic E-state index is 13.3. The fourth-order valence-electron chi connectivity index (χ4n) is 4.50. The number of aliphatic hydroxyl groups excluding tert-OH is 1. The van der Waals surface area contributed by atoms with Crippen LogP contribution in [0.3, 0.4) is 0 Å². The second kappa shape index (κ2) is 14.8. The average Bonchev–Trinajstić information content (AvgIpc) is 3.03. The minimum Gasteiger partial charge on any atom is -0.497 e. The van der Waals surface area contributed by atoms with Gasteiger partial charge in [0.2, 0.25) is 16.3 Å². The van der Waals surface area contributed by atoms with Gasteiger partial charge >= 0.3 is 0 Å². The van der Waals surface area contributed by atoms with Crippen molar-refractivity contribution < 1.29 is 36.9 Å². The molecule has 1 heterocycles. The summed E-state index contributed by atoms with van der Waals surface area (Å²) in [5.74, 6) is 2.02.